The van der Waals surface area contributed by atoms with Crippen LogP contribution < -0.4 is 0 Å². The van der Waals surface area contributed by atoms with Crippen LogP contribution in [0.4, 0.5) is 0 Å². The molecule has 0 aliphatic heterocycles. The first-order valence-corrected chi connectivity index (χ1v) is 7.16. The first kappa shape index (κ1) is 14.0. The molecule has 0 bridgehead atoms. The molecular formula is C13H22BrN3O. The Kier molecular flexibility index (Phi) is 3.60. The fraction of sp³-hybridized carbons (Fsp3) is 0.769. The molecule has 0 saturated heterocycles. The number of aliphatic hydroxyl groups is 1. The lowest BCUT2D eigenvalue weighted by Crippen LogP contribution is -2.35. The van der Waals surface area contributed by atoms with E-state index in [1.165, 1.54) is 0 Å². The zero-order chi connectivity index (χ0) is 13.6. The lowest BCUT2D eigenvalue weighted by molar-refractivity contribution is -0.0216. The van der Waals surface area contributed by atoms with Crippen molar-refractivity contribution in [2.45, 2.75) is 38.8 Å². The lowest BCUT2D eigenvalue weighted by atomic mass is 9.84. The van der Waals surface area contributed by atoms with Crippen LogP contribution in [0.3, 0.4) is 0 Å². The molecule has 4 nitrogen and oxygen atoms in total. The van der Waals surface area contributed by atoms with Crippen LogP contribution >= 0.6 is 15.9 Å². The van der Waals surface area contributed by atoms with Crippen molar-refractivity contribution in [1.82, 2.24) is 14.7 Å². The van der Waals surface area contributed by atoms with E-state index in [1.807, 2.05) is 25.7 Å². The maximum absolute atomic E-state index is 10.9. The predicted octanol–water partition coefficient (Wildman–Crippen LogP) is 2.21. The Labute approximate surface area is 117 Å². The third-order valence-corrected chi connectivity index (χ3v) is 4.77. The van der Waals surface area contributed by atoms with Gasteiger partial charge in [-0.05, 0) is 49.8 Å². The Hall–Kier alpha value is -0.390. The number of hydrogen-bond acceptors (Lipinski definition) is 3. The van der Waals surface area contributed by atoms with Gasteiger partial charge in [-0.25, -0.2) is 0 Å². The minimum absolute atomic E-state index is 0.00851. The third-order valence-electron chi connectivity index (χ3n) is 4.19. The summed E-state index contributed by atoms with van der Waals surface area (Å²) < 4.78 is 2.83. The van der Waals surface area contributed by atoms with Crippen LogP contribution in [0.5, 0.6) is 0 Å². The Bertz CT molecular complexity index is 435. The topological polar surface area (TPSA) is 41.3 Å². The second kappa shape index (κ2) is 4.62. The second-order valence-corrected chi connectivity index (χ2v) is 6.85. The number of likely N-dealkylation sites (N-methyl/N-ethyl adjacent to an activating group) is 1. The van der Waals surface area contributed by atoms with Crippen LogP contribution in [0.15, 0.2) is 10.7 Å². The molecule has 1 aromatic heterocycles. The van der Waals surface area contributed by atoms with Gasteiger partial charge in [0, 0.05) is 12.0 Å². The van der Waals surface area contributed by atoms with Crippen molar-refractivity contribution < 1.29 is 5.11 Å². The molecule has 0 amide bonds. The molecule has 0 aromatic carbocycles. The highest BCUT2D eigenvalue weighted by molar-refractivity contribution is 9.10. The molecule has 18 heavy (non-hydrogen) atoms. The van der Waals surface area contributed by atoms with E-state index < -0.39 is 5.60 Å². The van der Waals surface area contributed by atoms with E-state index in [2.05, 4.69) is 32.9 Å². The highest BCUT2D eigenvalue weighted by atomic mass is 79.9. The number of halogens is 1. The van der Waals surface area contributed by atoms with Gasteiger partial charge in [0.25, 0.3) is 0 Å². The molecule has 1 aliphatic rings. The molecule has 1 fully saturated rings. The molecule has 5 heteroatoms. The van der Waals surface area contributed by atoms with Crippen LogP contribution in [-0.2, 0) is 12.1 Å². The van der Waals surface area contributed by atoms with Crippen molar-refractivity contribution >= 4 is 15.9 Å². The maximum atomic E-state index is 10.9. The second-order valence-electron chi connectivity index (χ2n) is 6.00. The fourth-order valence-corrected chi connectivity index (χ4v) is 2.95. The summed E-state index contributed by atoms with van der Waals surface area (Å²) in [6.07, 6.45) is 3.93. The van der Waals surface area contributed by atoms with Gasteiger partial charge in [-0.3, -0.25) is 4.68 Å². The summed E-state index contributed by atoms with van der Waals surface area (Å²) in [5, 5.41) is 15.3. The molecule has 1 aromatic rings. The van der Waals surface area contributed by atoms with Crippen LogP contribution in [0.1, 0.15) is 32.4 Å². The van der Waals surface area contributed by atoms with E-state index in [9.17, 15) is 5.11 Å². The van der Waals surface area contributed by atoms with Crippen molar-refractivity contribution in [3.8, 4) is 0 Å². The van der Waals surface area contributed by atoms with E-state index in [-0.39, 0.29) is 5.41 Å². The summed E-state index contributed by atoms with van der Waals surface area (Å²) in [6, 6.07) is 0. The average Bonchev–Trinajstić information content (AvgIpc) is 2.90. The van der Waals surface area contributed by atoms with E-state index in [0.717, 1.165) is 36.1 Å². The zero-order valence-electron chi connectivity index (χ0n) is 11.6. The Balaban J connectivity index is 2.29. The number of nitrogens with zero attached hydrogens (tertiary/aromatic N) is 3. The molecule has 0 spiro atoms. The number of hydrogen-bond donors (Lipinski definition) is 1. The van der Waals surface area contributed by atoms with Gasteiger partial charge in [0.1, 0.15) is 5.60 Å². The molecule has 1 N–H and O–H groups in total. The average molecular weight is 316 g/mol. The fourth-order valence-electron chi connectivity index (χ4n) is 2.27. The van der Waals surface area contributed by atoms with E-state index in [4.69, 9.17) is 0 Å². The third kappa shape index (κ3) is 2.36. The van der Waals surface area contributed by atoms with Gasteiger partial charge in [-0.2, -0.15) is 5.10 Å². The van der Waals surface area contributed by atoms with E-state index in [1.54, 1.807) is 6.20 Å². The van der Waals surface area contributed by atoms with Crippen molar-refractivity contribution in [2.75, 3.05) is 20.6 Å². The van der Waals surface area contributed by atoms with Gasteiger partial charge in [0.2, 0.25) is 0 Å². The summed E-state index contributed by atoms with van der Waals surface area (Å²) in [6.45, 7) is 5.75. The molecule has 1 unspecified atom stereocenters. The SMILES string of the molecule is CN(C)CCn1ncc(Br)c1C(C)(O)C1(C)CC1. The van der Waals surface area contributed by atoms with Crippen LogP contribution in [0, 0.1) is 5.41 Å². The Morgan fingerprint density at radius 2 is 2.17 bits per heavy atom. The van der Waals surface area contributed by atoms with Gasteiger partial charge in [0.05, 0.1) is 22.9 Å². The normalized spacial score (nSPS) is 21.1. The monoisotopic (exact) mass is 315 g/mol. The molecule has 1 saturated carbocycles. The predicted molar refractivity (Wildman–Crippen MR) is 75.4 cm³/mol. The van der Waals surface area contributed by atoms with Gasteiger partial charge in [0.15, 0.2) is 0 Å². The maximum Gasteiger partial charge on any atom is 0.110 e. The first-order valence-electron chi connectivity index (χ1n) is 6.37. The van der Waals surface area contributed by atoms with Gasteiger partial charge in [-0.15, -0.1) is 0 Å². The molecule has 1 atom stereocenters. The number of aromatic nitrogens is 2. The minimum atomic E-state index is -0.825. The van der Waals surface area contributed by atoms with Crippen molar-refractivity contribution in [3.05, 3.63) is 16.4 Å². The quantitative estimate of drug-likeness (QED) is 0.905. The summed E-state index contributed by atoms with van der Waals surface area (Å²) in [7, 11) is 4.08. The molecule has 2 rings (SSSR count). The summed E-state index contributed by atoms with van der Waals surface area (Å²) in [5.74, 6) is 0. The van der Waals surface area contributed by atoms with Gasteiger partial charge < -0.3 is 10.0 Å². The Morgan fingerprint density at radius 1 is 1.56 bits per heavy atom. The van der Waals surface area contributed by atoms with Crippen LogP contribution in [0.2, 0.25) is 0 Å². The lowest BCUT2D eigenvalue weighted by Gasteiger charge is -2.32. The molecule has 102 valence electrons. The van der Waals surface area contributed by atoms with Crippen molar-refractivity contribution in [1.29, 1.82) is 0 Å². The smallest absolute Gasteiger partial charge is 0.110 e. The highest BCUT2D eigenvalue weighted by Gasteiger charge is 2.55. The molecule has 0 radical (unpaired) electrons. The van der Waals surface area contributed by atoms with Crippen molar-refractivity contribution in [2.24, 2.45) is 5.41 Å². The van der Waals surface area contributed by atoms with Gasteiger partial charge in [-0.1, -0.05) is 6.92 Å². The molecular weight excluding hydrogens is 294 g/mol. The van der Waals surface area contributed by atoms with Crippen molar-refractivity contribution in [3.63, 3.8) is 0 Å². The molecule has 1 aliphatic carbocycles. The summed E-state index contributed by atoms with van der Waals surface area (Å²) in [5.41, 5.74) is 0.0735. The minimum Gasteiger partial charge on any atom is -0.383 e. The first-order chi connectivity index (χ1) is 8.28. The van der Waals surface area contributed by atoms with Crippen LogP contribution in [0.25, 0.3) is 0 Å². The number of rotatable bonds is 5. The standard InChI is InChI=1S/C13H22BrN3O/c1-12(5-6-12)13(2,18)11-10(14)9-15-17(11)8-7-16(3)4/h9,18H,5-8H2,1-4H3. The zero-order valence-corrected chi connectivity index (χ0v) is 13.2. The summed E-state index contributed by atoms with van der Waals surface area (Å²) >= 11 is 3.52. The Morgan fingerprint density at radius 3 is 2.67 bits per heavy atom. The molecule has 1 heterocycles. The van der Waals surface area contributed by atoms with E-state index in [0.29, 0.717) is 0 Å². The highest BCUT2D eigenvalue weighted by Crippen LogP contribution is 2.58. The van der Waals surface area contributed by atoms with E-state index >= 15 is 0 Å². The largest absolute Gasteiger partial charge is 0.383 e. The van der Waals surface area contributed by atoms with Gasteiger partial charge >= 0.3 is 0 Å². The summed E-state index contributed by atoms with van der Waals surface area (Å²) in [4.78, 5) is 2.12. The van der Waals surface area contributed by atoms with Crippen LogP contribution in [-0.4, -0.2) is 40.4 Å².